The van der Waals surface area contributed by atoms with Crippen LogP contribution in [0.15, 0.2) is 18.2 Å². The van der Waals surface area contributed by atoms with Crippen molar-refractivity contribution in [3.63, 3.8) is 0 Å². The number of hydrogen-bond acceptors (Lipinski definition) is 3. The molecule has 0 aliphatic heterocycles. The van der Waals surface area contributed by atoms with Gasteiger partial charge in [0.05, 0.1) is 11.1 Å². The van der Waals surface area contributed by atoms with E-state index in [-0.39, 0.29) is 24.0 Å². The monoisotopic (exact) mass is 267 g/mol. The SMILES string of the molecule is CC(=O)Nc1cc(NC(=O)C(C)(C)CN)ccc1F. The number of carbonyl (C=O) groups is 2. The summed E-state index contributed by atoms with van der Waals surface area (Å²) in [6, 6.07) is 3.96. The van der Waals surface area contributed by atoms with Crippen molar-refractivity contribution in [2.75, 3.05) is 17.2 Å². The van der Waals surface area contributed by atoms with E-state index < -0.39 is 11.2 Å². The molecular formula is C13H18FN3O2. The lowest BCUT2D eigenvalue weighted by molar-refractivity contribution is -0.123. The minimum Gasteiger partial charge on any atom is -0.329 e. The number of amides is 2. The average Bonchev–Trinajstić information content (AvgIpc) is 2.32. The van der Waals surface area contributed by atoms with E-state index in [1.54, 1.807) is 13.8 Å². The zero-order valence-electron chi connectivity index (χ0n) is 11.2. The fourth-order valence-electron chi connectivity index (χ4n) is 1.28. The molecular weight excluding hydrogens is 249 g/mol. The van der Waals surface area contributed by atoms with Gasteiger partial charge in [-0.1, -0.05) is 0 Å². The van der Waals surface area contributed by atoms with E-state index in [4.69, 9.17) is 5.73 Å². The third-order valence-electron chi connectivity index (χ3n) is 2.66. The van der Waals surface area contributed by atoms with Crippen LogP contribution in [0, 0.1) is 11.2 Å². The van der Waals surface area contributed by atoms with Gasteiger partial charge in [0, 0.05) is 19.2 Å². The maximum Gasteiger partial charge on any atom is 0.231 e. The van der Waals surface area contributed by atoms with Gasteiger partial charge in [0.25, 0.3) is 0 Å². The quantitative estimate of drug-likeness (QED) is 0.776. The first-order valence-corrected chi connectivity index (χ1v) is 5.85. The highest BCUT2D eigenvalue weighted by Gasteiger charge is 2.25. The number of nitrogens with one attached hydrogen (secondary N) is 2. The summed E-state index contributed by atoms with van der Waals surface area (Å²) in [4.78, 5) is 22.8. The molecule has 0 atom stereocenters. The smallest absolute Gasteiger partial charge is 0.231 e. The maximum absolute atomic E-state index is 13.4. The van der Waals surface area contributed by atoms with Crippen molar-refractivity contribution in [1.29, 1.82) is 0 Å². The van der Waals surface area contributed by atoms with Crippen LogP contribution in [-0.4, -0.2) is 18.4 Å². The van der Waals surface area contributed by atoms with E-state index in [1.807, 2.05) is 0 Å². The molecule has 2 amide bonds. The molecule has 104 valence electrons. The van der Waals surface area contributed by atoms with Gasteiger partial charge in [-0.15, -0.1) is 0 Å². The van der Waals surface area contributed by atoms with Gasteiger partial charge in [0.1, 0.15) is 5.82 Å². The molecule has 0 bridgehead atoms. The zero-order chi connectivity index (χ0) is 14.6. The Bertz CT molecular complexity index is 501. The number of halogens is 1. The largest absolute Gasteiger partial charge is 0.329 e. The maximum atomic E-state index is 13.4. The van der Waals surface area contributed by atoms with E-state index in [0.717, 1.165) is 0 Å². The van der Waals surface area contributed by atoms with Crippen LogP contribution in [0.2, 0.25) is 0 Å². The van der Waals surface area contributed by atoms with Gasteiger partial charge >= 0.3 is 0 Å². The molecule has 0 spiro atoms. The third-order valence-corrected chi connectivity index (χ3v) is 2.66. The number of benzene rings is 1. The highest BCUT2D eigenvalue weighted by molar-refractivity contribution is 5.96. The molecule has 19 heavy (non-hydrogen) atoms. The number of carbonyl (C=O) groups excluding carboxylic acids is 2. The molecule has 0 heterocycles. The molecule has 6 heteroatoms. The first-order chi connectivity index (χ1) is 8.76. The van der Waals surface area contributed by atoms with Crippen LogP contribution in [0.1, 0.15) is 20.8 Å². The Labute approximate surface area is 111 Å². The van der Waals surface area contributed by atoms with Gasteiger partial charge in [-0.05, 0) is 32.0 Å². The Morgan fingerprint density at radius 1 is 1.32 bits per heavy atom. The topological polar surface area (TPSA) is 84.2 Å². The Morgan fingerprint density at radius 3 is 2.47 bits per heavy atom. The number of hydrogen-bond donors (Lipinski definition) is 3. The van der Waals surface area contributed by atoms with Crippen molar-refractivity contribution in [1.82, 2.24) is 0 Å². The molecule has 0 aliphatic carbocycles. The summed E-state index contributed by atoms with van der Waals surface area (Å²) in [7, 11) is 0. The average molecular weight is 267 g/mol. The summed E-state index contributed by atoms with van der Waals surface area (Å²) >= 11 is 0. The van der Waals surface area contributed by atoms with Crippen molar-refractivity contribution < 1.29 is 14.0 Å². The molecule has 0 radical (unpaired) electrons. The molecule has 4 N–H and O–H groups in total. The van der Waals surface area contributed by atoms with Crippen LogP contribution in [0.5, 0.6) is 0 Å². The Balaban J connectivity index is 2.91. The molecule has 0 unspecified atom stereocenters. The molecule has 0 aromatic heterocycles. The second-order valence-electron chi connectivity index (χ2n) is 4.92. The highest BCUT2D eigenvalue weighted by Crippen LogP contribution is 2.22. The lowest BCUT2D eigenvalue weighted by atomic mass is 9.92. The number of anilines is 2. The summed E-state index contributed by atoms with van der Waals surface area (Å²) in [5.74, 6) is -1.22. The first kappa shape index (κ1) is 15.1. The first-order valence-electron chi connectivity index (χ1n) is 5.85. The van der Waals surface area contributed by atoms with Gasteiger partial charge in [-0.2, -0.15) is 0 Å². The molecule has 1 rings (SSSR count). The molecule has 0 saturated heterocycles. The van der Waals surface area contributed by atoms with E-state index >= 15 is 0 Å². The van der Waals surface area contributed by atoms with Crippen molar-refractivity contribution in [3.05, 3.63) is 24.0 Å². The predicted molar refractivity (Wildman–Crippen MR) is 72.2 cm³/mol. The normalized spacial score (nSPS) is 11.0. The van der Waals surface area contributed by atoms with Gasteiger partial charge in [-0.3, -0.25) is 9.59 Å². The van der Waals surface area contributed by atoms with Crippen LogP contribution in [0.4, 0.5) is 15.8 Å². The molecule has 5 nitrogen and oxygen atoms in total. The molecule has 0 saturated carbocycles. The van der Waals surface area contributed by atoms with Crippen LogP contribution in [-0.2, 0) is 9.59 Å². The van der Waals surface area contributed by atoms with Crippen LogP contribution in [0.25, 0.3) is 0 Å². The summed E-state index contributed by atoms with van der Waals surface area (Å²) in [5, 5.41) is 4.99. The lowest BCUT2D eigenvalue weighted by Gasteiger charge is -2.21. The summed E-state index contributed by atoms with van der Waals surface area (Å²) in [5.41, 5.74) is 5.21. The van der Waals surface area contributed by atoms with Crippen molar-refractivity contribution in [2.24, 2.45) is 11.1 Å². The second kappa shape index (κ2) is 5.79. The van der Waals surface area contributed by atoms with Gasteiger partial charge in [0.15, 0.2) is 0 Å². The van der Waals surface area contributed by atoms with E-state index in [0.29, 0.717) is 5.69 Å². The third kappa shape index (κ3) is 4.03. The second-order valence-corrected chi connectivity index (χ2v) is 4.92. The summed E-state index contributed by atoms with van der Waals surface area (Å²) in [6.07, 6.45) is 0. The fourth-order valence-corrected chi connectivity index (χ4v) is 1.28. The van der Waals surface area contributed by atoms with Gasteiger partial charge in [-0.25, -0.2) is 4.39 Å². The minimum atomic E-state index is -0.720. The van der Waals surface area contributed by atoms with E-state index in [1.165, 1.54) is 25.1 Å². The molecule has 1 aromatic carbocycles. The Morgan fingerprint density at radius 2 is 1.95 bits per heavy atom. The zero-order valence-corrected chi connectivity index (χ0v) is 11.2. The highest BCUT2D eigenvalue weighted by atomic mass is 19.1. The number of rotatable bonds is 4. The van der Waals surface area contributed by atoms with Crippen molar-refractivity contribution >= 4 is 23.2 Å². The van der Waals surface area contributed by atoms with Crippen LogP contribution < -0.4 is 16.4 Å². The number of nitrogens with two attached hydrogens (primary N) is 1. The minimum absolute atomic E-state index is 0.0239. The van der Waals surface area contributed by atoms with Crippen molar-refractivity contribution in [2.45, 2.75) is 20.8 Å². The summed E-state index contributed by atoms with van der Waals surface area (Å²) in [6.45, 7) is 4.89. The fraction of sp³-hybridized carbons (Fsp3) is 0.385. The molecule has 1 aromatic rings. The lowest BCUT2D eigenvalue weighted by Crippen LogP contribution is -2.37. The standard InChI is InChI=1S/C13H18FN3O2/c1-8(18)16-11-6-9(4-5-10(11)14)17-12(19)13(2,3)7-15/h4-6H,7,15H2,1-3H3,(H,16,18)(H,17,19). The Hall–Kier alpha value is -1.95. The van der Waals surface area contributed by atoms with Crippen LogP contribution >= 0.6 is 0 Å². The summed E-state index contributed by atoms with van der Waals surface area (Å²) < 4.78 is 13.4. The molecule has 0 aliphatic rings. The predicted octanol–water partition coefficient (Wildman–Crippen LogP) is 1.71. The van der Waals surface area contributed by atoms with E-state index in [9.17, 15) is 14.0 Å². The van der Waals surface area contributed by atoms with Crippen molar-refractivity contribution in [3.8, 4) is 0 Å². The Kier molecular flexibility index (Phi) is 4.61. The molecule has 0 fully saturated rings. The van der Waals surface area contributed by atoms with Gasteiger partial charge in [0.2, 0.25) is 11.8 Å². The van der Waals surface area contributed by atoms with Gasteiger partial charge < -0.3 is 16.4 Å². The van der Waals surface area contributed by atoms with E-state index in [2.05, 4.69) is 10.6 Å². The van der Waals surface area contributed by atoms with Crippen LogP contribution in [0.3, 0.4) is 0 Å².